The molecule has 1 rings (SSSR count). The maximum Gasteiger partial charge on any atom is 0.00694 e. The van der Waals surface area contributed by atoms with E-state index in [9.17, 15) is 0 Å². The summed E-state index contributed by atoms with van der Waals surface area (Å²) in [4.78, 5) is 0. The molecule has 2 atom stereocenters. The highest BCUT2D eigenvalue weighted by molar-refractivity contribution is 4.76. The summed E-state index contributed by atoms with van der Waals surface area (Å²) in [6.45, 7) is 4.56. The van der Waals surface area contributed by atoms with Crippen LogP contribution in [-0.4, -0.2) is 12.1 Å². The fourth-order valence-corrected chi connectivity index (χ4v) is 1.82. The van der Waals surface area contributed by atoms with Crippen molar-refractivity contribution in [1.29, 1.82) is 0 Å². The van der Waals surface area contributed by atoms with Gasteiger partial charge in [0.2, 0.25) is 0 Å². The number of hydrogen-bond donors (Lipinski definition) is 1. The van der Waals surface area contributed by atoms with Gasteiger partial charge in [-0.1, -0.05) is 19.8 Å². The van der Waals surface area contributed by atoms with Gasteiger partial charge in [-0.25, -0.2) is 0 Å². The van der Waals surface area contributed by atoms with Crippen LogP contribution in [0.25, 0.3) is 0 Å². The summed E-state index contributed by atoms with van der Waals surface area (Å²) < 4.78 is 0. The third-order valence-corrected chi connectivity index (χ3v) is 2.35. The van der Waals surface area contributed by atoms with E-state index in [4.69, 9.17) is 0 Å². The zero-order chi connectivity index (χ0) is 7.40. The summed E-state index contributed by atoms with van der Waals surface area (Å²) in [5, 5.41) is 3.62. The Bertz CT molecular complexity index is 88.7. The maximum absolute atomic E-state index is 3.62. The van der Waals surface area contributed by atoms with Gasteiger partial charge in [0.25, 0.3) is 0 Å². The fourth-order valence-electron chi connectivity index (χ4n) is 1.82. The van der Waals surface area contributed by atoms with Gasteiger partial charge in [0.05, 0.1) is 0 Å². The van der Waals surface area contributed by atoms with Gasteiger partial charge >= 0.3 is 0 Å². The molecule has 1 N–H and O–H groups in total. The van der Waals surface area contributed by atoms with Crippen molar-refractivity contribution < 1.29 is 0 Å². The van der Waals surface area contributed by atoms with Crippen molar-refractivity contribution in [2.24, 2.45) is 0 Å². The first-order chi connectivity index (χ1) is 4.83. The van der Waals surface area contributed by atoms with Crippen LogP contribution in [-0.2, 0) is 0 Å². The van der Waals surface area contributed by atoms with Crippen LogP contribution < -0.4 is 5.32 Å². The molecule has 1 nitrogen and oxygen atoms in total. The van der Waals surface area contributed by atoms with Gasteiger partial charge in [-0.2, -0.15) is 0 Å². The summed E-state index contributed by atoms with van der Waals surface area (Å²) in [5.74, 6) is 0. The molecule has 1 heteroatoms. The second-order valence-corrected chi connectivity index (χ2v) is 3.48. The Balaban J connectivity index is 2.18. The predicted molar refractivity (Wildman–Crippen MR) is 45.1 cm³/mol. The second kappa shape index (κ2) is 3.97. The molecule has 10 heavy (non-hydrogen) atoms. The van der Waals surface area contributed by atoms with Crippen LogP contribution in [0.2, 0.25) is 0 Å². The Kier molecular flexibility index (Phi) is 3.20. The Morgan fingerprint density at radius 3 is 2.80 bits per heavy atom. The first-order valence-electron chi connectivity index (χ1n) is 4.59. The first kappa shape index (κ1) is 8.06. The Morgan fingerprint density at radius 2 is 2.20 bits per heavy atom. The lowest BCUT2D eigenvalue weighted by Crippen LogP contribution is -2.40. The molecule has 0 amide bonds. The second-order valence-electron chi connectivity index (χ2n) is 3.48. The van der Waals surface area contributed by atoms with Crippen LogP contribution in [0.4, 0.5) is 0 Å². The third-order valence-electron chi connectivity index (χ3n) is 2.35. The van der Waals surface area contributed by atoms with Gasteiger partial charge in [0.15, 0.2) is 0 Å². The molecule has 1 heterocycles. The topological polar surface area (TPSA) is 12.0 Å². The van der Waals surface area contributed by atoms with Crippen LogP contribution >= 0.6 is 0 Å². The minimum atomic E-state index is 0.769. The van der Waals surface area contributed by atoms with E-state index >= 15 is 0 Å². The molecule has 1 aliphatic heterocycles. The van der Waals surface area contributed by atoms with Gasteiger partial charge in [0, 0.05) is 12.1 Å². The van der Waals surface area contributed by atoms with Crippen molar-refractivity contribution in [3.8, 4) is 0 Å². The summed E-state index contributed by atoms with van der Waals surface area (Å²) in [5.41, 5.74) is 0. The van der Waals surface area contributed by atoms with Crippen LogP contribution in [0.15, 0.2) is 0 Å². The van der Waals surface area contributed by atoms with Crippen LogP contribution in [0.3, 0.4) is 0 Å². The lowest BCUT2D eigenvalue weighted by atomic mass is 9.97. The van der Waals surface area contributed by atoms with E-state index < -0.39 is 0 Å². The van der Waals surface area contributed by atoms with E-state index in [0.717, 1.165) is 12.1 Å². The average Bonchev–Trinajstić information content (AvgIpc) is 1.88. The largest absolute Gasteiger partial charge is 0.312 e. The van der Waals surface area contributed by atoms with Crippen molar-refractivity contribution in [2.45, 2.75) is 58.0 Å². The predicted octanol–water partition coefficient (Wildman–Crippen LogP) is 2.32. The molecule has 0 aromatic heterocycles. The van der Waals surface area contributed by atoms with Gasteiger partial charge in [-0.05, 0) is 26.2 Å². The molecule has 0 aliphatic carbocycles. The van der Waals surface area contributed by atoms with Crippen LogP contribution in [0.1, 0.15) is 46.0 Å². The van der Waals surface area contributed by atoms with Gasteiger partial charge < -0.3 is 5.32 Å². The maximum atomic E-state index is 3.62. The fraction of sp³-hybridized carbons (Fsp3) is 1.00. The minimum absolute atomic E-state index is 0.769. The van der Waals surface area contributed by atoms with Crippen LogP contribution in [0.5, 0.6) is 0 Å². The molecule has 0 radical (unpaired) electrons. The van der Waals surface area contributed by atoms with Crippen molar-refractivity contribution in [1.82, 2.24) is 5.32 Å². The van der Waals surface area contributed by atoms with E-state index in [-0.39, 0.29) is 0 Å². The molecule has 60 valence electrons. The molecule has 1 unspecified atom stereocenters. The highest BCUT2D eigenvalue weighted by Gasteiger charge is 2.15. The van der Waals surface area contributed by atoms with E-state index in [1.54, 1.807) is 0 Å². The SMILES string of the molecule is CCC[C@H]1CCCC(C)N1. The highest BCUT2D eigenvalue weighted by Crippen LogP contribution is 2.15. The molecule has 0 aromatic rings. The van der Waals surface area contributed by atoms with Crippen molar-refractivity contribution in [2.75, 3.05) is 0 Å². The smallest absolute Gasteiger partial charge is 0.00694 e. The lowest BCUT2D eigenvalue weighted by molar-refractivity contribution is 0.320. The monoisotopic (exact) mass is 141 g/mol. The highest BCUT2D eigenvalue weighted by atomic mass is 15.0. The van der Waals surface area contributed by atoms with Gasteiger partial charge in [-0.3, -0.25) is 0 Å². The minimum Gasteiger partial charge on any atom is -0.312 e. The number of nitrogens with one attached hydrogen (secondary N) is 1. The summed E-state index contributed by atoms with van der Waals surface area (Å²) in [6.07, 6.45) is 6.89. The molecule has 0 spiro atoms. The van der Waals surface area contributed by atoms with Crippen molar-refractivity contribution >= 4 is 0 Å². The van der Waals surface area contributed by atoms with Gasteiger partial charge in [0.1, 0.15) is 0 Å². The molecule has 1 saturated heterocycles. The number of piperidine rings is 1. The van der Waals surface area contributed by atoms with E-state index in [0.29, 0.717) is 0 Å². The standard InChI is InChI=1S/C9H19N/c1-3-5-9-7-4-6-8(2)10-9/h8-10H,3-7H2,1-2H3/t8?,9-/m0/s1. The molecule has 0 bridgehead atoms. The van der Waals surface area contributed by atoms with Gasteiger partial charge in [-0.15, -0.1) is 0 Å². The number of rotatable bonds is 2. The van der Waals surface area contributed by atoms with Crippen molar-refractivity contribution in [3.05, 3.63) is 0 Å². The molecular formula is C9H19N. The Labute approximate surface area is 64.2 Å². The molecule has 1 fully saturated rings. The number of hydrogen-bond acceptors (Lipinski definition) is 1. The zero-order valence-electron chi connectivity index (χ0n) is 7.19. The zero-order valence-corrected chi connectivity index (χ0v) is 7.19. The third kappa shape index (κ3) is 2.30. The molecular weight excluding hydrogens is 122 g/mol. The quantitative estimate of drug-likeness (QED) is 0.622. The van der Waals surface area contributed by atoms with Crippen molar-refractivity contribution in [3.63, 3.8) is 0 Å². The van der Waals surface area contributed by atoms with E-state index in [2.05, 4.69) is 19.2 Å². The lowest BCUT2D eigenvalue weighted by Gasteiger charge is -2.28. The van der Waals surface area contributed by atoms with Crippen LogP contribution in [0, 0.1) is 0 Å². The van der Waals surface area contributed by atoms with E-state index in [1.165, 1.54) is 32.1 Å². The molecule has 1 aliphatic rings. The normalized spacial score (nSPS) is 34.2. The summed E-state index contributed by atoms with van der Waals surface area (Å²) in [6, 6.07) is 1.60. The average molecular weight is 141 g/mol. The Morgan fingerprint density at radius 1 is 1.40 bits per heavy atom. The Hall–Kier alpha value is -0.0400. The first-order valence-corrected chi connectivity index (χ1v) is 4.59. The summed E-state index contributed by atoms with van der Waals surface area (Å²) >= 11 is 0. The van der Waals surface area contributed by atoms with E-state index in [1.807, 2.05) is 0 Å². The summed E-state index contributed by atoms with van der Waals surface area (Å²) in [7, 11) is 0. The molecule has 0 aromatic carbocycles. The molecule has 0 saturated carbocycles.